The van der Waals surface area contributed by atoms with Crippen LogP contribution >= 0.6 is 27.3 Å². The zero-order chi connectivity index (χ0) is 15.7. The maximum atomic E-state index is 12.6. The van der Waals surface area contributed by atoms with Gasteiger partial charge in [0.2, 0.25) is 0 Å². The van der Waals surface area contributed by atoms with Gasteiger partial charge in [0, 0.05) is 39.1 Å². The topological polar surface area (TPSA) is 59.5 Å². The maximum Gasteiger partial charge on any atom is 0.136 e. The fraction of sp³-hybridized carbons (Fsp3) is 0.643. The van der Waals surface area contributed by atoms with E-state index in [4.69, 9.17) is 0 Å². The highest BCUT2D eigenvalue weighted by Gasteiger charge is 2.39. The minimum Gasteiger partial charge on any atom is -0.598 e. The Balaban J connectivity index is 2.24. The summed E-state index contributed by atoms with van der Waals surface area (Å²) >= 11 is 4.03. The molecule has 4 nitrogen and oxygen atoms in total. The Labute approximate surface area is 142 Å². The summed E-state index contributed by atoms with van der Waals surface area (Å²) in [4.78, 5) is 5.64. The summed E-state index contributed by atoms with van der Waals surface area (Å²) in [6.45, 7) is 9.74. The number of aliphatic imine (C=N–C) groups is 1. The van der Waals surface area contributed by atoms with E-state index >= 15 is 0 Å². The molecule has 21 heavy (non-hydrogen) atoms. The molecule has 1 aliphatic rings. The number of hydrogen-bond acceptors (Lipinski definition) is 5. The van der Waals surface area contributed by atoms with E-state index in [-0.39, 0.29) is 4.75 Å². The molecule has 0 spiro atoms. The van der Waals surface area contributed by atoms with E-state index in [1.165, 1.54) is 0 Å². The Morgan fingerprint density at radius 1 is 1.48 bits per heavy atom. The highest BCUT2D eigenvalue weighted by Crippen LogP contribution is 2.34. The second kappa shape index (κ2) is 6.58. The summed E-state index contributed by atoms with van der Waals surface area (Å²) < 4.78 is 16.6. The van der Waals surface area contributed by atoms with E-state index in [0.29, 0.717) is 6.42 Å². The van der Waals surface area contributed by atoms with Gasteiger partial charge < -0.3 is 9.87 Å². The molecule has 1 aromatic heterocycles. The molecule has 1 aliphatic heterocycles. The highest BCUT2D eigenvalue weighted by molar-refractivity contribution is 9.10. The normalized spacial score (nSPS) is 19.8. The third kappa shape index (κ3) is 4.45. The molecule has 0 saturated heterocycles. The summed E-state index contributed by atoms with van der Waals surface area (Å²) in [7, 11) is 0. The average molecular weight is 392 g/mol. The van der Waals surface area contributed by atoms with Crippen LogP contribution in [0.25, 0.3) is 0 Å². The summed E-state index contributed by atoms with van der Waals surface area (Å²) in [5.41, 5.74) is -0.398. The Morgan fingerprint density at radius 2 is 2.19 bits per heavy atom. The van der Waals surface area contributed by atoms with Crippen LogP contribution in [0.2, 0.25) is 0 Å². The SMILES string of the molecule is CC(C)(C)[S+]([O-])N[C@@](C)(CC1=NCCN1)c1cc(Br)cs1. The summed E-state index contributed by atoms with van der Waals surface area (Å²) in [5.74, 6) is 0.987. The van der Waals surface area contributed by atoms with Crippen LogP contribution in [0.1, 0.15) is 39.0 Å². The molecule has 1 unspecified atom stereocenters. The van der Waals surface area contributed by atoms with Crippen molar-refractivity contribution >= 4 is 44.5 Å². The molecular formula is C14H22BrN3OS2. The molecule has 0 amide bonds. The highest BCUT2D eigenvalue weighted by atomic mass is 79.9. The molecule has 0 radical (unpaired) electrons. The number of halogens is 1. The van der Waals surface area contributed by atoms with Crippen LogP contribution in [-0.2, 0) is 16.9 Å². The predicted molar refractivity (Wildman–Crippen MR) is 95.3 cm³/mol. The molecule has 0 bridgehead atoms. The molecule has 2 atom stereocenters. The second-order valence-corrected chi connectivity index (χ2v) is 10.2. The van der Waals surface area contributed by atoms with Crippen molar-refractivity contribution in [3.63, 3.8) is 0 Å². The summed E-state index contributed by atoms with van der Waals surface area (Å²) in [6, 6.07) is 2.09. The minimum atomic E-state index is -1.14. The van der Waals surface area contributed by atoms with Crippen molar-refractivity contribution in [2.45, 2.75) is 44.4 Å². The van der Waals surface area contributed by atoms with Crippen molar-refractivity contribution in [3.05, 3.63) is 20.8 Å². The fourth-order valence-corrected chi connectivity index (χ4v) is 4.54. The van der Waals surface area contributed by atoms with Crippen molar-refractivity contribution in [1.82, 2.24) is 10.0 Å². The smallest absolute Gasteiger partial charge is 0.136 e. The lowest BCUT2D eigenvalue weighted by Gasteiger charge is -2.34. The van der Waals surface area contributed by atoms with Crippen molar-refractivity contribution in [2.75, 3.05) is 13.1 Å². The molecule has 0 fully saturated rings. The first-order valence-electron chi connectivity index (χ1n) is 6.92. The maximum absolute atomic E-state index is 12.6. The predicted octanol–water partition coefficient (Wildman–Crippen LogP) is 3.17. The lowest BCUT2D eigenvalue weighted by molar-refractivity contribution is 0.439. The first-order valence-corrected chi connectivity index (χ1v) is 9.74. The lowest BCUT2D eigenvalue weighted by Crippen LogP contribution is -2.51. The monoisotopic (exact) mass is 391 g/mol. The molecule has 2 N–H and O–H groups in total. The van der Waals surface area contributed by atoms with E-state index < -0.39 is 16.9 Å². The van der Waals surface area contributed by atoms with Crippen LogP contribution in [0, 0.1) is 0 Å². The van der Waals surface area contributed by atoms with Crippen LogP contribution in [0.15, 0.2) is 20.9 Å². The third-order valence-electron chi connectivity index (χ3n) is 3.25. The van der Waals surface area contributed by atoms with Gasteiger partial charge in [0.1, 0.15) is 10.3 Å². The van der Waals surface area contributed by atoms with E-state index in [0.717, 1.165) is 28.3 Å². The molecule has 0 aliphatic carbocycles. The Morgan fingerprint density at radius 3 is 2.67 bits per heavy atom. The van der Waals surface area contributed by atoms with E-state index in [1.807, 2.05) is 20.8 Å². The lowest BCUT2D eigenvalue weighted by atomic mass is 9.96. The van der Waals surface area contributed by atoms with Crippen molar-refractivity contribution in [3.8, 4) is 0 Å². The van der Waals surface area contributed by atoms with Gasteiger partial charge in [0.15, 0.2) is 0 Å². The second-order valence-electron chi connectivity index (χ2n) is 6.38. The Kier molecular flexibility index (Phi) is 5.41. The summed E-state index contributed by atoms with van der Waals surface area (Å²) in [6.07, 6.45) is 0.710. The van der Waals surface area contributed by atoms with Gasteiger partial charge in [-0.2, -0.15) is 0 Å². The number of thiophene rings is 1. The van der Waals surface area contributed by atoms with Crippen LogP contribution in [0.4, 0.5) is 0 Å². The first-order chi connectivity index (χ1) is 9.71. The number of rotatable bonds is 5. The molecule has 1 aromatic rings. The van der Waals surface area contributed by atoms with Gasteiger partial charge >= 0.3 is 0 Å². The molecular weight excluding hydrogens is 370 g/mol. The van der Waals surface area contributed by atoms with Crippen LogP contribution in [-0.4, -0.2) is 28.2 Å². The molecule has 2 heterocycles. The minimum absolute atomic E-state index is 0.305. The van der Waals surface area contributed by atoms with Crippen LogP contribution in [0.3, 0.4) is 0 Å². The van der Waals surface area contributed by atoms with E-state index in [9.17, 15) is 4.55 Å². The molecule has 0 saturated carbocycles. The summed E-state index contributed by atoms with van der Waals surface area (Å²) in [5, 5.41) is 5.36. The largest absolute Gasteiger partial charge is 0.598 e. The third-order valence-corrected chi connectivity index (χ3v) is 6.95. The van der Waals surface area contributed by atoms with Crippen molar-refractivity contribution in [1.29, 1.82) is 0 Å². The molecule has 7 heteroatoms. The number of hydrogen-bond donors (Lipinski definition) is 2. The first kappa shape index (κ1) is 17.3. The van der Waals surface area contributed by atoms with E-state index in [1.54, 1.807) is 11.3 Å². The van der Waals surface area contributed by atoms with Gasteiger partial charge in [-0.15, -0.1) is 16.1 Å². The molecule has 2 rings (SSSR count). The average Bonchev–Trinajstić information content (AvgIpc) is 2.99. The van der Waals surface area contributed by atoms with Gasteiger partial charge in [-0.05, 0) is 49.7 Å². The number of nitrogens with zero attached hydrogens (tertiary/aromatic N) is 1. The van der Waals surface area contributed by atoms with Gasteiger partial charge in [0.05, 0.1) is 12.4 Å². The zero-order valence-electron chi connectivity index (χ0n) is 12.8. The van der Waals surface area contributed by atoms with Gasteiger partial charge in [-0.1, -0.05) is 0 Å². The molecule has 0 aromatic carbocycles. The van der Waals surface area contributed by atoms with Gasteiger partial charge in [0.25, 0.3) is 0 Å². The van der Waals surface area contributed by atoms with Gasteiger partial charge in [-0.3, -0.25) is 4.99 Å². The van der Waals surface area contributed by atoms with E-state index in [2.05, 4.69) is 49.3 Å². The van der Waals surface area contributed by atoms with Crippen molar-refractivity contribution in [2.24, 2.45) is 4.99 Å². The number of amidine groups is 1. The van der Waals surface area contributed by atoms with Crippen LogP contribution < -0.4 is 10.0 Å². The Bertz CT molecular complexity index is 527. The van der Waals surface area contributed by atoms with Gasteiger partial charge in [-0.25, -0.2) is 0 Å². The van der Waals surface area contributed by atoms with Crippen molar-refractivity contribution < 1.29 is 4.55 Å². The fourth-order valence-electron chi connectivity index (χ4n) is 2.03. The number of nitrogens with one attached hydrogen (secondary N) is 2. The van der Waals surface area contributed by atoms with Crippen LogP contribution in [0.5, 0.6) is 0 Å². The quantitative estimate of drug-likeness (QED) is 0.757. The Hall–Kier alpha value is -0.0800. The zero-order valence-corrected chi connectivity index (χ0v) is 16.0. The molecule has 118 valence electrons. The standard InChI is InChI=1S/C14H22BrN3OS2/c1-13(2,3)21(19)18-14(4,8-12-16-5-6-17-12)11-7-10(15)9-20-11/h7,9,18H,5-6,8H2,1-4H3,(H,16,17)/t14-,21?/m0/s1.